The molecule has 4 aromatic rings. The van der Waals surface area contributed by atoms with Gasteiger partial charge in [0, 0.05) is 29.9 Å². The summed E-state index contributed by atoms with van der Waals surface area (Å²) in [6.07, 6.45) is -4.95. The van der Waals surface area contributed by atoms with Crippen LogP contribution in [0.3, 0.4) is 0 Å². The van der Waals surface area contributed by atoms with Crippen molar-refractivity contribution in [2.45, 2.75) is 30.5 Å². The first-order valence-corrected chi connectivity index (χ1v) is 14.0. The van der Waals surface area contributed by atoms with E-state index in [4.69, 9.17) is 14.2 Å². The van der Waals surface area contributed by atoms with Gasteiger partial charge in [-0.1, -0.05) is 0 Å². The lowest BCUT2D eigenvalue weighted by Gasteiger charge is -2.23. The minimum Gasteiger partial charge on any atom is -0.493 e. The third-order valence-electron chi connectivity index (χ3n) is 6.56. The van der Waals surface area contributed by atoms with Crippen LogP contribution in [0.25, 0.3) is 17.0 Å². The molecular formula is C26H25F3N6O6S. The van der Waals surface area contributed by atoms with Gasteiger partial charge in [-0.2, -0.15) is 17.7 Å². The van der Waals surface area contributed by atoms with Crippen molar-refractivity contribution in [3.63, 3.8) is 0 Å². The summed E-state index contributed by atoms with van der Waals surface area (Å²) in [5.41, 5.74) is 1.48. The molecule has 1 amide bonds. The number of hydrogen-bond acceptors (Lipinski definition) is 9. The second-order valence-corrected chi connectivity index (χ2v) is 11.1. The lowest BCUT2D eigenvalue weighted by molar-refractivity contribution is -0.170. The van der Waals surface area contributed by atoms with Gasteiger partial charge in [-0.05, 0) is 61.4 Å². The number of aromatic nitrogens is 4. The van der Waals surface area contributed by atoms with E-state index in [1.807, 2.05) is 0 Å². The molecule has 0 radical (unpaired) electrons. The van der Waals surface area contributed by atoms with E-state index in [9.17, 15) is 26.4 Å². The predicted molar refractivity (Wildman–Crippen MR) is 143 cm³/mol. The molecule has 222 valence electrons. The Labute approximate surface area is 238 Å². The minimum absolute atomic E-state index is 0.0371. The third-order valence-corrected chi connectivity index (χ3v) is 8.02. The van der Waals surface area contributed by atoms with Crippen LogP contribution in [-0.4, -0.2) is 73.7 Å². The van der Waals surface area contributed by atoms with Crippen LogP contribution in [0.5, 0.6) is 17.4 Å². The van der Waals surface area contributed by atoms with E-state index >= 15 is 0 Å². The van der Waals surface area contributed by atoms with Crippen LogP contribution in [0.1, 0.15) is 12.5 Å². The molecule has 42 heavy (non-hydrogen) atoms. The van der Waals surface area contributed by atoms with Gasteiger partial charge in [0.25, 0.3) is 0 Å². The molecule has 1 atom stereocenters. The molecule has 1 aliphatic heterocycles. The number of ether oxygens (including phenoxy) is 3. The monoisotopic (exact) mass is 606 g/mol. The van der Waals surface area contributed by atoms with Gasteiger partial charge in [-0.25, -0.2) is 13.1 Å². The maximum Gasteiger partial charge on any atom is 0.471 e. The number of amides is 1. The number of carbonyl (C=O) groups excluding carboxylic acids is 1. The van der Waals surface area contributed by atoms with Crippen molar-refractivity contribution < 1.29 is 40.6 Å². The van der Waals surface area contributed by atoms with Crippen LogP contribution >= 0.6 is 0 Å². The van der Waals surface area contributed by atoms with Crippen LogP contribution in [0.15, 0.2) is 53.4 Å². The number of nitrogens with zero attached hydrogens (tertiary/aromatic N) is 5. The highest BCUT2D eigenvalue weighted by molar-refractivity contribution is 7.89. The fraction of sp³-hybridized carbons (Fsp3) is 0.308. The molecule has 1 N–H and O–H groups in total. The van der Waals surface area contributed by atoms with E-state index in [-0.39, 0.29) is 36.0 Å². The quantitative estimate of drug-likeness (QED) is 0.285. The molecule has 0 bridgehead atoms. The Morgan fingerprint density at radius 2 is 1.81 bits per heavy atom. The summed E-state index contributed by atoms with van der Waals surface area (Å²) >= 11 is 0. The van der Waals surface area contributed by atoms with E-state index in [0.29, 0.717) is 39.0 Å². The lowest BCUT2D eigenvalue weighted by Crippen LogP contribution is -2.44. The summed E-state index contributed by atoms with van der Waals surface area (Å²) in [5.74, 6) is -0.352. The number of sulfonamides is 1. The van der Waals surface area contributed by atoms with E-state index in [1.54, 1.807) is 30.3 Å². The largest absolute Gasteiger partial charge is 0.493 e. The number of anilines is 1. The summed E-state index contributed by atoms with van der Waals surface area (Å²) in [7, 11) is -0.982. The predicted octanol–water partition coefficient (Wildman–Crippen LogP) is 3.01. The second-order valence-electron chi connectivity index (χ2n) is 9.30. The van der Waals surface area contributed by atoms with Gasteiger partial charge in [0.15, 0.2) is 23.0 Å². The van der Waals surface area contributed by atoms with Crippen LogP contribution in [0.4, 0.5) is 18.9 Å². The summed E-state index contributed by atoms with van der Waals surface area (Å²) in [6, 6.07) is 11.3. The second kappa shape index (κ2) is 11.1. The van der Waals surface area contributed by atoms with Crippen LogP contribution in [0, 0.1) is 0 Å². The summed E-state index contributed by atoms with van der Waals surface area (Å²) in [6.45, 7) is 1.26. The molecular weight excluding hydrogens is 581 g/mol. The molecule has 12 nitrogen and oxygen atoms in total. The van der Waals surface area contributed by atoms with E-state index in [0.717, 1.165) is 6.07 Å². The molecule has 0 aliphatic carbocycles. The molecule has 2 aromatic carbocycles. The van der Waals surface area contributed by atoms with Gasteiger partial charge in [-0.15, -0.1) is 15.3 Å². The normalized spacial score (nSPS) is 15.1. The Morgan fingerprint density at radius 1 is 1.05 bits per heavy atom. The third kappa shape index (κ3) is 5.54. The number of halogens is 3. The zero-order valence-electron chi connectivity index (χ0n) is 22.5. The van der Waals surface area contributed by atoms with Crippen molar-refractivity contribution in [3.8, 4) is 28.8 Å². The number of rotatable bonds is 9. The van der Waals surface area contributed by atoms with Crippen LogP contribution < -0.4 is 23.8 Å². The van der Waals surface area contributed by atoms with Crippen molar-refractivity contribution in [1.29, 1.82) is 0 Å². The maximum absolute atomic E-state index is 13.0. The first kappa shape index (κ1) is 29.1. The zero-order chi connectivity index (χ0) is 30.2. The Hall–Kier alpha value is -4.44. The summed E-state index contributed by atoms with van der Waals surface area (Å²) in [4.78, 5) is 12.3. The van der Waals surface area contributed by atoms with Crippen molar-refractivity contribution in [1.82, 2.24) is 24.5 Å². The number of methoxy groups -OCH3 is 2. The molecule has 16 heteroatoms. The molecule has 3 heterocycles. The smallest absolute Gasteiger partial charge is 0.471 e. The van der Waals surface area contributed by atoms with Crippen LogP contribution in [0.2, 0.25) is 0 Å². The first-order valence-electron chi connectivity index (χ1n) is 12.5. The van der Waals surface area contributed by atoms with Crippen molar-refractivity contribution in [2.24, 2.45) is 0 Å². The van der Waals surface area contributed by atoms with Gasteiger partial charge in [0.2, 0.25) is 15.9 Å². The number of carbonyl (C=O) groups is 1. The van der Waals surface area contributed by atoms with Gasteiger partial charge < -0.3 is 19.1 Å². The van der Waals surface area contributed by atoms with Gasteiger partial charge in [0.05, 0.1) is 19.1 Å². The Morgan fingerprint density at radius 3 is 2.52 bits per heavy atom. The number of alkyl halides is 3. The highest BCUT2D eigenvalue weighted by Gasteiger charge is 2.47. The average Bonchev–Trinajstić information content (AvgIpc) is 3.53. The molecule has 2 aromatic heterocycles. The minimum atomic E-state index is -5.04. The zero-order valence-corrected chi connectivity index (χ0v) is 23.4. The lowest BCUT2D eigenvalue weighted by atomic mass is 10.1. The average molecular weight is 607 g/mol. The molecule has 1 unspecified atom stereocenters. The van der Waals surface area contributed by atoms with Crippen molar-refractivity contribution >= 4 is 27.3 Å². The standard InChI is InChI=1S/C26H25F3N6O6S/c1-15-12-17-13-18(5-6-19(17)34(15)25(36)26(27,28)29)42(37,38)30-10-11-41-23-9-8-22-31-32-24(35(22)33-23)16-4-7-20(39-2)21(14-16)40-3/h4-9,13-15,30H,10-12H2,1-3H3. The molecule has 5 rings (SSSR count). The number of fused-ring (bicyclic) bond motifs is 2. The SMILES string of the molecule is COc1ccc(-c2nnc3ccc(OCCNS(=O)(=O)c4ccc5c(c4)CC(C)N5C(=O)C(F)(F)F)nn23)cc1OC. The molecule has 1 aliphatic rings. The van der Waals surface area contributed by atoms with Gasteiger partial charge in [0.1, 0.15) is 6.61 Å². The summed E-state index contributed by atoms with van der Waals surface area (Å²) in [5, 5.41) is 12.7. The number of nitrogens with one attached hydrogen (secondary N) is 1. The van der Waals surface area contributed by atoms with Crippen molar-refractivity contribution in [2.75, 3.05) is 32.3 Å². The Bertz CT molecular complexity index is 1760. The van der Waals surface area contributed by atoms with E-state index in [1.165, 1.54) is 37.8 Å². The summed E-state index contributed by atoms with van der Waals surface area (Å²) < 4.78 is 84.9. The van der Waals surface area contributed by atoms with Crippen LogP contribution in [-0.2, 0) is 21.2 Å². The van der Waals surface area contributed by atoms with Gasteiger partial charge in [-0.3, -0.25) is 4.79 Å². The first-order chi connectivity index (χ1) is 19.9. The molecule has 0 saturated carbocycles. The maximum atomic E-state index is 13.0. The molecule has 0 fully saturated rings. The Balaban J connectivity index is 1.25. The van der Waals surface area contributed by atoms with E-state index in [2.05, 4.69) is 20.0 Å². The number of hydrogen-bond donors (Lipinski definition) is 1. The van der Waals surface area contributed by atoms with Crippen molar-refractivity contribution in [3.05, 3.63) is 54.1 Å². The highest BCUT2D eigenvalue weighted by atomic mass is 32.2. The fourth-order valence-electron chi connectivity index (χ4n) is 4.64. The highest BCUT2D eigenvalue weighted by Crippen LogP contribution is 2.37. The topological polar surface area (TPSA) is 137 Å². The number of benzene rings is 2. The Kier molecular flexibility index (Phi) is 7.68. The fourth-order valence-corrected chi connectivity index (χ4v) is 5.70. The molecule has 0 saturated heterocycles. The molecule has 0 spiro atoms. The van der Waals surface area contributed by atoms with Gasteiger partial charge >= 0.3 is 12.1 Å². The van der Waals surface area contributed by atoms with E-state index < -0.39 is 28.1 Å².